The quantitative estimate of drug-likeness (QED) is 0.746. The molecule has 1 atom stereocenters. The zero-order valence-electron chi connectivity index (χ0n) is 12.1. The zero-order chi connectivity index (χ0) is 15.5. The lowest BCUT2D eigenvalue weighted by Gasteiger charge is -2.23. The van der Waals surface area contributed by atoms with Gasteiger partial charge in [-0.25, -0.2) is 0 Å². The first-order chi connectivity index (χ1) is 9.10. The highest BCUT2D eigenvalue weighted by molar-refractivity contribution is 6.31. The average molecular weight is 298 g/mol. The molecule has 6 heteroatoms. The molecule has 0 saturated carbocycles. The Balaban J connectivity index is 2.73. The van der Waals surface area contributed by atoms with Crippen molar-refractivity contribution in [2.75, 3.05) is 5.73 Å². The monoisotopic (exact) mass is 297 g/mol. The molecule has 0 aliphatic heterocycles. The maximum Gasteiger partial charge on any atom is 0.254 e. The maximum absolute atomic E-state index is 12.0. The first-order valence-corrected chi connectivity index (χ1v) is 6.66. The van der Waals surface area contributed by atoms with E-state index in [1.807, 2.05) is 20.8 Å². The molecule has 0 aliphatic carbocycles. The summed E-state index contributed by atoms with van der Waals surface area (Å²) in [4.78, 5) is 23.9. The number of nitrogens with two attached hydrogens (primary N) is 1. The van der Waals surface area contributed by atoms with E-state index in [0.29, 0.717) is 10.6 Å². The molecule has 1 aromatic carbocycles. The van der Waals surface area contributed by atoms with E-state index in [9.17, 15) is 9.59 Å². The molecule has 4 N–H and O–H groups in total. The molecule has 0 fully saturated rings. The van der Waals surface area contributed by atoms with Crippen molar-refractivity contribution in [3.05, 3.63) is 28.8 Å². The number of rotatable bonds is 3. The summed E-state index contributed by atoms with van der Waals surface area (Å²) in [5, 5.41) is 5.85. The van der Waals surface area contributed by atoms with Crippen LogP contribution in [-0.2, 0) is 4.79 Å². The molecule has 2 amide bonds. The largest absolute Gasteiger partial charge is 0.398 e. The van der Waals surface area contributed by atoms with Crippen LogP contribution in [-0.4, -0.2) is 23.4 Å². The molecule has 0 bridgehead atoms. The molecule has 0 radical (unpaired) electrons. The number of nitrogens with one attached hydrogen (secondary N) is 2. The van der Waals surface area contributed by atoms with Gasteiger partial charge in [-0.05, 0) is 45.9 Å². The molecule has 1 rings (SSSR count). The normalized spacial score (nSPS) is 12.7. The fourth-order valence-corrected chi connectivity index (χ4v) is 1.74. The van der Waals surface area contributed by atoms with Gasteiger partial charge in [0.2, 0.25) is 5.91 Å². The van der Waals surface area contributed by atoms with Crippen molar-refractivity contribution >= 4 is 29.1 Å². The van der Waals surface area contributed by atoms with Crippen LogP contribution in [0.25, 0.3) is 0 Å². The van der Waals surface area contributed by atoms with Gasteiger partial charge in [-0.2, -0.15) is 0 Å². The number of carbonyl (C=O) groups excluding carboxylic acids is 2. The van der Waals surface area contributed by atoms with Gasteiger partial charge in [0, 0.05) is 16.2 Å². The third-order valence-corrected chi connectivity index (χ3v) is 2.73. The molecule has 1 unspecified atom stereocenters. The smallest absolute Gasteiger partial charge is 0.254 e. The maximum atomic E-state index is 12.0. The third kappa shape index (κ3) is 4.74. The molecule has 0 spiro atoms. The van der Waals surface area contributed by atoms with Crippen LogP contribution in [0.5, 0.6) is 0 Å². The second kappa shape index (κ2) is 6.13. The summed E-state index contributed by atoms with van der Waals surface area (Å²) in [6.07, 6.45) is 0. The van der Waals surface area contributed by atoms with Gasteiger partial charge in [-0.3, -0.25) is 9.59 Å². The molecule has 0 aromatic heterocycles. The summed E-state index contributed by atoms with van der Waals surface area (Å²) in [6, 6.07) is 3.95. The lowest BCUT2D eigenvalue weighted by atomic mass is 10.1. The van der Waals surface area contributed by atoms with Gasteiger partial charge >= 0.3 is 0 Å². The highest BCUT2D eigenvalue weighted by Crippen LogP contribution is 2.17. The van der Waals surface area contributed by atoms with Crippen LogP contribution >= 0.6 is 11.6 Å². The molecule has 110 valence electrons. The van der Waals surface area contributed by atoms with E-state index in [2.05, 4.69) is 10.6 Å². The molecule has 0 heterocycles. The highest BCUT2D eigenvalue weighted by atomic mass is 35.5. The predicted molar refractivity (Wildman–Crippen MR) is 80.7 cm³/mol. The Labute approximate surface area is 123 Å². The van der Waals surface area contributed by atoms with E-state index >= 15 is 0 Å². The van der Waals surface area contributed by atoms with Gasteiger partial charge in [-0.15, -0.1) is 0 Å². The first kappa shape index (κ1) is 16.3. The molecule has 20 heavy (non-hydrogen) atoms. The van der Waals surface area contributed by atoms with Crippen molar-refractivity contribution in [1.82, 2.24) is 10.6 Å². The lowest BCUT2D eigenvalue weighted by molar-refractivity contribution is -0.124. The first-order valence-electron chi connectivity index (χ1n) is 6.28. The molecule has 0 aliphatic rings. The fourth-order valence-electron chi connectivity index (χ4n) is 1.56. The van der Waals surface area contributed by atoms with Gasteiger partial charge < -0.3 is 16.4 Å². The molecular formula is C14H20ClN3O2. The zero-order valence-corrected chi connectivity index (χ0v) is 12.8. The van der Waals surface area contributed by atoms with Crippen LogP contribution in [0.3, 0.4) is 0 Å². The Hall–Kier alpha value is -1.75. The van der Waals surface area contributed by atoms with Crippen molar-refractivity contribution in [3.8, 4) is 0 Å². The highest BCUT2D eigenvalue weighted by Gasteiger charge is 2.21. The summed E-state index contributed by atoms with van der Waals surface area (Å²) in [5.41, 5.74) is 5.95. The standard InChI is InChI=1S/C14H20ClN3O2/c1-8(12(19)18-14(2,3)4)17-13(20)10-6-5-9(15)7-11(10)16/h5-8H,16H2,1-4H3,(H,17,20)(H,18,19). The summed E-state index contributed by atoms with van der Waals surface area (Å²) < 4.78 is 0. The van der Waals surface area contributed by atoms with E-state index < -0.39 is 11.9 Å². The number of amides is 2. The summed E-state index contributed by atoms with van der Waals surface area (Å²) in [5.74, 6) is -0.658. The third-order valence-electron chi connectivity index (χ3n) is 2.50. The minimum Gasteiger partial charge on any atom is -0.398 e. The summed E-state index contributed by atoms with van der Waals surface area (Å²) >= 11 is 5.77. The number of halogens is 1. The topological polar surface area (TPSA) is 84.2 Å². The Morgan fingerprint density at radius 1 is 1.30 bits per heavy atom. The van der Waals surface area contributed by atoms with E-state index in [-0.39, 0.29) is 17.1 Å². The van der Waals surface area contributed by atoms with Crippen molar-refractivity contribution in [2.24, 2.45) is 0 Å². The van der Waals surface area contributed by atoms with Crippen LogP contribution in [0.15, 0.2) is 18.2 Å². The second-order valence-electron chi connectivity index (χ2n) is 5.67. The Kier molecular flexibility index (Phi) is 5.00. The van der Waals surface area contributed by atoms with Gasteiger partial charge in [0.15, 0.2) is 0 Å². The van der Waals surface area contributed by atoms with Gasteiger partial charge in [0.25, 0.3) is 5.91 Å². The van der Waals surface area contributed by atoms with E-state index in [0.717, 1.165) is 0 Å². The number of nitrogen functional groups attached to an aromatic ring is 1. The minimum absolute atomic E-state index is 0.251. The van der Waals surface area contributed by atoms with Crippen molar-refractivity contribution < 1.29 is 9.59 Å². The Morgan fingerprint density at radius 2 is 1.90 bits per heavy atom. The van der Waals surface area contributed by atoms with Crippen molar-refractivity contribution in [3.63, 3.8) is 0 Å². The van der Waals surface area contributed by atoms with Crippen LogP contribution in [0.1, 0.15) is 38.1 Å². The van der Waals surface area contributed by atoms with E-state index in [1.54, 1.807) is 13.0 Å². The Bertz CT molecular complexity index is 524. The second-order valence-corrected chi connectivity index (χ2v) is 6.10. The van der Waals surface area contributed by atoms with Gasteiger partial charge in [0.05, 0.1) is 5.56 Å². The molecule has 0 saturated heterocycles. The molecular weight excluding hydrogens is 278 g/mol. The predicted octanol–water partition coefficient (Wildman–Crippen LogP) is 1.96. The van der Waals surface area contributed by atoms with Crippen LogP contribution in [0, 0.1) is 0 Å². The van der Waals surface area contributed by atoms with Gasteiger partial charge in [-0.1, -0.05) is 11.6 Å². The van der Waals surface area contributed by atoms with E-state index in [4.69, 9.17) is 17.3 Å². The minimum atomic E-state index is -0.656. The number of hydrogen-bond acceptors (Lipinski definition) is 3. The number of anilines is 1. The Morgan fingerprint density at radius 3 is 2.40 bits per heavy atom. The van der Waals surface area contributed by atoms with Crippen molar-refractivity contribution in [2.45, 2.75) is 39.3 Å². The van der Waals surface area contributed by atoms with Gasteiger partial charge in [0.1, 0.15) is 6.04 Å². The SMILES string of the molecule is CC(NC(=O)c1ccc(Cl)cc1N)C(=O)NC(C)(C)C. The molecule has 5 nitrogen and oxygen atoms in total. The average Bonchev–Trinajstić information content (AvgIpc) is 2.26. The number of benzene rings is 1. The summed E-state index contributed by atoms with van der Waals surface area (Å²) in [7, 11) is 0. The van der Waals surface area contributed by atoms with Crippen LogP contribution in [0.4, 0.5) is 5.69 Å². The lowest BCUT2D eigenvalue weighted by Crippen LogP contribution is -2.50. The number of hydrogen-bond donors (Lipinski definition) is 3. The number of carbonyl (C=O) groups is 2. The van der Waals surface area contributed by atoms with E-state index in [1.165, 1.54) is 12.1 Å². The molecule has 1 aromatic rings. The van der Waals surface area contributed by atoms with Crippen molar-refractivity contribution in [1.29, 1.82) is 0 Å². The van der Waals surface area contributed by atoms with Crippen LogP contribution < -0.4 is 16.4 Å². The van der Waals surface area contributed by atoms with Crippen LogP contribution in [0.2, 0.25) is 5.02 Å². The summed E-state index contributed by atoms with van der Waals surface area (Å²) in [6.45, 7) is 7.23. The fraction of sp³-hybridized carbons (Fsp3) is 0.429.